The van der Waals surface area contributed by atoms with Crippen molar-refractivity contribution in [1.82, 2.24) is 5.32 Å². The van der Waals surface area contributed by atoms with Crippen molar-refractivity contribution in [3.8, 4) is 11.5 Å². The lowest BCUT2D eigenvalue weighted by Gasteiger charge is -2.12. The number of amides is 1. The van der Waals surface area contributed by atoms with Gasteiger partial charge < -0.3 is 14.8 Å². The molecule has 0 aromatic heterocycles. The maximum Gasteiger partial charge on any atom is 0.255 e. The molecule has 0 fully saturated rings. The number of benzene rings is 2. The van der Waals surface area contributed by atoms with Crippen LogP contribution in [0.2, 0.25) is 0 Å². The van der Waals surface area contributed by atoms with Crippen LogP contribution in [0.15, 0.2) is 42.5 Å². The molecule has 0 radical (unpaired) electrons. The Kier molecular flexibility index (Phi) is 6.03. The number of rotatable bonds is 7. The second-order valence-electron chi connectivity index (χ2n) is 5.23. The summed E-state index contributed by atoms with van der Waals surface area (Å²) in [7, 11) is 0. The largest absolute Gasteiger partial charge is 0.493 e. The number of hydrogen-bond donors (Lipinski definition) is 1. The molecular weight excluding hydrogens is 290 g/mol. The molecule has 0 spiro atoms. The fourth-order valence-corrected chi connectivity index (χ4v) is 2.24. The quantitative estimate of drug-likeness (QED) is 0.796. The Labute approximate surface area is 137 Å². The predicted molar refractivity (Wildman–Crippen MR) is 91.4 cm³/mol. The van der Waals surface area contributed by atoms with Gasteiger partial charge in [0.1, 0.15) is 18.1 Å². The molecule has 0 saturated heterocycles. The van der Waals surface area contributed by atoms with Gasteiger partial charge in [-0.3, -0.25) is 4.79 Å². The lowest BCUT2D eigenvalue weighted by atomic mass is 10.1. The van der Waals surface area contributed by atoms with E-state index in [9.17, 15) is 4.79 Å². The summed E-state index contributed by atoms with van der Waals surface area (Å²) in [5.41, 5.74) is 2.86. The fourth-order valence-electron chi connectivity index (χ4n) is 2.24. The number of aryl methyl sites for hydroxylation is 1. The van der Waals surface area contributed by atoms with Crippen molar-refractivity contribution in [2.45, 2.75) is 20.8 Å². The van der Waals surface area contributed by atoms with Crippen molar-refractivity contribution >= 4 is 5.91 Å². The molecule has 0 bridgehead atoms. The SMILES string of the molecule is CCOc1ccccc1C(=O)NCCOc1cccc(C)c1C. The molecule has 0 atom stereocenters. The maximum atomic E-state index is 12.2. The van der Waals surface area contributed by atoms with Crippen LogP contribution < -0.4 is 14.8 Å². The minimum Gasteiger partial charge on any atom is -0.493 e. The highest BCUT2D eigenvalue weighted by molar-refractivity contribution is 5.96. The zero-order chi connectivity index (χ0) is 16.7. The van der Waals surface area contributed by atoms with Gasteiger partial charge in [-0.05, 0) is 50.1 Å². The van der Waals surface area contributed by atoms with Crippen LogP contribution in [0.25, 0.3) is 0 Å². The van der Waals surface area contributed by atoms with E-state index in [4.69, 9.17) is 9.47 Å². The first-order valence-corrected chi connectivity index (χ1v) is 7.82. The van der Waals surface area contributed by atoms with Gasteiger partial charge in [0.15, 0.2) is 0 Å². The lowest BCUT2D eigenvalue weighted by Crippen LogP contribution is -2.28. The summed E-state index contributed by atoms with van der Waals surface area (Å²) in [6.07, 6.45) is 0. The summed E-state index contributed by atoms with van der Waals surface area (Å²) in [4.78, 5) is 12.2. The third-order valence-corrected chi connectivity index (χ3v) is 3.63. The van der Waals surface area contributed by atoms with Gasteiger partial charge in [-0.25, -0.2) is 0 Å². The van der Waals surface area contributed by atoms with Crippen LogP contribution in [0.1, 0.15) is 28.4 Å². The minimum absolute atomic E-state index is 0.154. The van der Waals surface area contributed by atoms with E-state index >= 15 is 0 Å². The second-order valence-corrected chi connectivity index (χ2v) is 5.23. The Morgan fingerprint density at radius 3 is 2.52 bits per heavy atom. The lowest BCUT2D eigenvalue weighted by molar-refractivity contribution is 0.0943. The first kappa shape index (κ1) is 16.9. The summed E-state index contributed by atoms with van der Waals surface area (Å²) >= 11 is 0. The van der Waals surface area contributed by atoms with Crippen LogP contribution in [0.5, 0.6) is 11.5 Å². The first-order valence-electron chi connectivity index (χ1n) is 7.82. The van der Waals surface area contributed by atoms with Gasteiger partial charge in [-0.1, -0.05) is 24.3 Å². The second kappa shape index (κ2) is 8.22. The van der Waals surface area contributed by atoms with Gasteiger partial charge in [-0.15, -0.1) is 0 Å². The molecule has 122 valence electrons. The van der Waals surface area contributed by atoms with Crippen molar-refractivity contribution < 1.29 is 14.3 Å². The van der Waals surface area contributed by atoms with Crippen LogP contribution in [0.3, 0.4) is 0 Å². The summed E-state index contributed by atoms with van der Waals surface area (Å²) in [5, 5.41) is 2.86. The van der Waals surface area contributed by atoms with Crippen LogP contribution in [0, 0.1) is 13.8 Å². The molecule has 2 aromatic rings. The third-order valence-electron chi connectivity index (χ3n) is 3.63. The molecule has 0 aliphatic carbocycles. The molecule has 1 amide bonds. The number of nitrogens with one attached hydrogen (secondary N) is 1. The molecule has 23 heavy (non-hydrogen) atoms. The van der Waals surface area contributed by atoms with E-state index in [0.717, 1.165) is 11.3 Å². The van der Waals surface area contributed by atoms with E-state index in [2.05, 4.69) is 18.3 Å². The Morgan fingerprint density at radius 2 is 1.74 bits per heavy atom. The molecule has 0 aliphatic rings. The molecule has 2 rings (SSSR count). The standard InChI is InChI=1S/C19H23NO3/c1-4-22-18-10-6-5-9-16(18)19(21)20-12-13-23-17-11-7-8-14(2)15(17)3/h5-11H,4,12-13H2,1-3H3,(H,20,21). The first-order chi connectivity index (χ1) is 11.1. The molecule has 1 N–H and O–H groups in total. The number of carbonyl (C=O) groups is 1. The zero-order valence-corrected chi connectivity index (χ0v) is 13.9. The Hall–Kier alpha value is -2.49. The van der Waals surface area contributed by atoms with Gasteiger partial charge in [0.05, 0.1) is 18.7 Å². The van der Waals surface area contributed by atoms with Gasteiger partial charge in [0.2, 0.25) is 0 Å². The number of hydrogen-bond acceptors (Lipinski definition) is 3. The third kappa shape index (κ3) is 4.49. The van der Waals surface area contributed by atoms with Crippen molar-refractivity contribution in [3.05, 3.63) is 59.2 Å². The molecule has 0 heterocycles. The Morgan fingerprint density at radius 1 is 1.00 bits per heavy atom. The number of ether oxygens (including phenoxy) is 2. The van der Waals surface area contributed by atoms with Gasteiger partial charge in [0.25, 0.3) is 5.91 Å². The highest BCUT2D eigenvalue weighted by Gasteiger charge is 2.11. The molecule has 0 aliphatic heterocycles. The molecule has 4 heteroatoms. The van der Waals surface area contributed by atoms with Crippen LogP contribution in [-0.2, 0) is 0 Å². The van der Waals surface area contributed by atoms with Crippen molar-refractivity contribution in [2.24, 2.45) is 0 Å². The van der Waals surface area contributed by atoms with Gasteiger partial charge >= 0.3 is 0 Å². The molecule has 2 aromatic carbocycles. The summed E-state index contributed by atoms with van der Waals surface area (Å²) in [6.45, 7) is 7.36. The maximum absolute atomic E-state index is 12.2. The molecule has 0 unspecified atom stereocenters. The summed E-state index contributed by atoms with van der Waals surface area (Å²) < 4.78 is 11.2. The van der Waals surface area contributed by atoms with E-state index < -0.39 is 0 Å². The highest BCUT2D eigenvalue weighted by Crippen LogP contribution is 2.20. The van der Waals surface area contributed by atoms with Crippen LogP contribution in [0.4, 0.5) is 0 Å². The predicted octanol–water partition coefficient (Wildman–Crippen LogP) is 3.51. The van der Waals surface area contributed by atoms with Crippen molar-refractivity contribution in [1.29, 1.82) is 0 Å². The van der Waals surface area contributed by atoms with E-state index in [0.29, 0.717) is 31.1 Å². The highest BCUT2D eigenvalue weighted by atomic mass is 16.5. The Balaban J connectivity index is 1.87. The van der Waals surface area contributed by atoms with Crippen molar-refractivity contribution in [3.63, 3.8) is 0 Å². The van der Waals surface area contributed by atoms with E-state index in [1.165, 1.54) is 5.56 Å². The average molecular weight is 313 g/mol. The zero-order valence-electron chi connectivity index (χ0n) is 13.9. The topological polar surface area (TPSA) is 47.6 Å². The van der Waals surface area contributed by atoms with Crippen molar-refractivity contribution in [2.75, 3.05) is 19.8 Å². The smallest absolute Gasteiger partial charge is 0.255 e. The molecule has 4 nitrogen and oxygen atoms in total. The summed E-state index contributed by atoms with van der Waals surface area (Å²) in [6, 6.07) is 13.2. The van der Waals surface area contributed by atoms with Crippen LogP contribution in [-0.4, -0.2) is 25.7 Å². The monoisotopic (exact) mass is 313 g/mol. The Bertz CT molecular complexity index is 667. The fraction of sp³-hybridized carbons (Fsp3) is 0.316. The van der Waals surface area contributed by atoms with Crippen LogP contribution >= 0.6 is 0 Å². The normalized spacial score (nSPS) is 10.2. The van der Waals surface area contributed by atoms with Gasteiger partial charge in [0, 0.05) is 0 Å². The molecule has 0 saturated carbocycles. The average Bonchev–Trinajstić information content (AvgIpc) is 2.56. The van der Waals surface area contributed by atoms with E-state index in [1.54, 1.807) is 12.1 Å². The van der Waals surface area contributed by atoms with Gasteiger partial charge in [-0.2, -0.15) is 0 Å². The molecular formula is C19H23NO3. The number of para-hydroxylation sites is 1. The van der Waals surface area contributed by atoms with E-state index in [1.807, 2.05) is 38.1 Å². The summed E-state index contributed by atoms with van der Waals surface area (Å²) in [5.74, 6) is 1.30. The number of carbonyl (C=O) groups excluding carboxylic acids is 1. The van der Waals surface area contributed by atoms with E-state index in [-0.39, 0.29) is 5.91 Å². The minimum atomic E-state index is -0.154.